The first kappa shape index (κ1) is 13.7. The van der Waals surface area contributed by atoms with Gasteiger partial charge in [0.2, 0.25) is 0 Å². The molecule has 1 aromatic carbocycles. The predicted molar refractivity (Wildman–Crippen MR) is 78.7 cm³/mol. The monoisotopic (exact) mass is 301 g/mol. The molecule has 2 heterocycles. The van der Waals surface area contributed by atoms with Crippen LogP contribution in [-0.2, 0) is 14.1 Å². The van der Waals surface area contributed by atoms with Gasteiger partial charge < -0.3 is 0 Å². The second-order valence-corrected chi connectivity index (χ2v) is 4.81. The highest BCUT2D eigenvalue weighted by atomic mass is 16.6. The number of aryl methyl sites for hydroxylation is 1. The van der Waals surface area contributed by atoms with Gasteiger partial charge in [0.15, 0.2) is 5.65 Å². The zero-order valence-electron chi connectivity index (χ0n) is 11.7. The van der Waals surface area contributed by atoms with Crippen molar-refractivity contribution in [2.75, 3.05) is 0 Å². The zero-order chi connectivity index (χ0) is 16.0. The number of fused-ring (bicyclic) bond motifs is 1. The van der Waals surface area contributed by atoms with Crippen LogP contribution in [0, 0.1) is 10.1 Å². The van der Waals surface area contributed by atoms with Gasteiger partial charge in [-0.15, -0.1) is 0 Å². The Morgan fingerprint density at radius 1 is 1.14 bits per heavy atom. The fraction of sp³-hybridized carbons (Fsp3) is 0.154. The van der Waals surface area contributed by atoms with Crippen molar-refractivity contribution in [3.8, 4) is 11.3 Å². The van der Waals surface area contributed by atoms with E-state index in [2.05, 4.69) is 10.2 Å². The van der Waals surface area contributed by atoms with Gasteiger partial charge in [0.25, 0.3) is 11.2 Å². The molecule has 9 heteroatoms. The highest BCUT2D eigenvalue weighted by Crippen LogP contribution is 2.24. The van der Waals surface area contributed by atoms with Crippen LogP contribution in [-0.4, -0.2) is 24.3 Å². The van der Waals surface area contributed by atoms with Crippen LogP contribution in [0.2, 0.25) is 0 Å². The minimum absolute atomic E-state index is 0.0483. The van der Waals surface area contributed by atoms with Gasteiger partial charge in [0.05, 0.1) is 10.6 Å². The average Bonchev–Trinajstić information content (AvgIpc) is 2.96. The molecule has 0 unspecified atom stereocenters. The number of rotatable bonds is 2. The Bertz CT molecular complexity index is 1010. The first-order valence-electron chi connectivity index (χ1n) is 6.30. The van der Waals surface area contributed by atoms with Crippen LogP contribution in [0.1, 0.15) is 0 Å². The second-order valence-electron chi connectivity index (χ2n) is 4.81. The molecule has 0 amide bonds. The molecule has 0 aliphatic carbocycles. The molecule has 0 bridgehead atoms. The van der Waals surface area contributed by atoms with E-state index in [9.17, 15) is 19.7 Å². The third kappa shape index (κ3) is 1.83. The normalized spacial score (nSPS) is 11.0. The molecular weight excluding hydrogens is 290 g/mol. The summed E-state index contributed by atoms with van der Waals surface area (Å²) in [6, 6.07) is 5.73. The number of nitrogens with zero attached hydrogens (tertiary/aromatic N) is 4. The fourth-order valence-electron chi connectivity index (χ4n) is 2.31. The summed E-state index contributed by atoms with van der Waals surface area (Å²) in [7, 11) is 2.90. The molecule has 9 nitrogen and oxygen atoms in total. The molecule has 0 fully saturated rings. The van der Waals surface area contributed by atoms with E-state index in [1.807, 2.05) is 0 Å². The van der Waals surface area contributed by atoms with Gasteiger partial charge in [-0.2, -0.15) is 5.10 Å². The molecule has 0 saturated heterocycles. The molecule has 3 rings (SSSR count). The van der Waals surface area contributed by atoms with Gasteiger partial charge in [0, 0.05) is 31.8 Å². The molecule has 22 heavy (non-hydrogen) atoms. The first-order valence-corrected chi connectivity index (χ1v) is 6.30. The van der Waals surface area contributed by atoms with Crippen LogP contribution in [0.25, 0.3) is 22.3 Å². The third-order valence-electron chi connectivity index (χ3n) is 3.52. The number of hydrogen-bond acceptors (Lipinski definition) is 5. The lowest BCUT2D eigenvalue weighted by molar-refractivity contribution is -0.384. The van der Waals surface area contributed by atoms with Gasteiger partial charge in [0.1, 0.15) is 5.39 Å². The molecule has 1 N–H and O–H groups in total. The van der Waals surface area contributed by atoms with Crippen LogP contribution in [0.15, 0.2) is 33.9 Å². The quantitative estimate of drug-likeness (QED) is 0.547. The maximum absolute atomic E-state index is 12.3. The van der Waals surface area contributed by atoms with Crippen LogP contribution >= 0.6 is 0 Å². The number of aromatic amines is 1. The number of nitrogens with one attached hydrogen (secondary N) is 1. The summed E-state index contributed by atoms with van der Waals surface area (Å²) in [5.74, 6) is 0. The Labute approximate surface area is 122 Å². The molecule has 0 atom stereocenters. The molecule has 0 spiro atoms. The number of benzene rings is 1. The SMILES string of the molecule is Cn1c(=O)c2c(-c3ccc([N+](=O)[O-])cc3)[nH]nc2n(C)c1=O. The number of hydrogen-bond donors (Lipinski definition) is 1. The number of H-pyrrole nitrogens is 1. The molecule has 0 radical (unpaired) electrons. The number of nitro groups is 1. The Kier molecular flexibility index (Phi) is 2.91. The van der Waals surface area contributed by atoms with Crippen molar-refractivity contribution in [1.29, 1.82) is 0 Å². The van der Waals surface area contributed by atoms with Crippen molar-refractivity contribution in [3.63, 3.8) is 0 Å². The van der Waals surface area contributed by atoms with E-state index in [0.29, 0.717) is 11.3 Å². The Morgan fingerprint density at radius 2 is 1.77 bits per heavy atom. The lowest BCUT2D eigenvalue weighted by Gasteiger charge is -2.03. The smallest absolute Gasteiger partial charge is 0.279 e. The van der Waals surface area contributed by atoms with Crippen LogP contribution in [0.4, 0.5) is 5.69 Å². The minimum atomic E-state index is -0.502. The predicted octanol–water partition coefficient (Wildman–Crippen LogP) is 0.535. The van der Waals surface area contributed by atoms with E-state index in [1.54, 1.807) is 0 Å². The van der Waals surface area contributed by atoms with Gasteiger partial charge in [-0.25, -0.2) is 4.79 Å². The van der Waals surface area contributed by atoms with Gasteiger partial charge >= 0.3 is 5.69 Å². The Balaban J connectivity index is 2.31. The van der Waals surface area contributed by atoms with Crippen molar-refractivity contribution in [2.24, 2.45) is 14.1 Å². The number of aromatic nitrogens is 4. The first-order chi connectivity index (χ1) is 10.4. The highest BCUT2D eigenvalue weighted by Gasteiger charge is 2.17. The maximum Gasteiger partial charge on any atom is 0.332 e. The lowest BCUT2D eigenvalue weighted by atomic mass is 10.1. The largest absolute Gasteiger partial charge is 0.332 e. The van der Waals surface area contributed by atoms with E-state index in [4.69, 9.17) is 0 Å². The van der Waals surface area contributed by atoms with Crippen molar-refractivity contribution < 1.29 is 4.92 Å². The van der Waals surface area contributed by atoms with E-state index in [1.165, 1.54) is 42.9 Å². The number of nitro benzene ring substituents is 1. The molecule has 0 aliphatic rings. The molecule has 112 valence electrons. The maximum atomic E-state index is 12.3. The van der Waals surface area contributed by atoms with E-state index in [0.717, 1.165) is 4.57 Å². The topological polar surface area (TPSA) is 116 Å². The highest BCUT2D eigenvalue weighted by molar-refractivity contribution is 5.90. The standard InChI is InChI=1S/C13H11N5O4/c1-16-11-9(12(19)17(2)13(16)20)10(14-15-11)7-3-5-8(6-4-7)18(21)22/h3-6H,1-2H3,(H,14,15). The summed E-state index contributed by atoms with van der Waals surface area (Å²) >= 11 is 0. The summed E-state index contributed by atoms with van der Waals surface area (Å²) in [4.78, 5) is 34.4. The lowest BCUT2D eigenvalue weighted by Crippen LogP contribution is -2.36. The van der Waals surface area contributed by atoms with E-state index in [-0.39, 0.29) is 16.7 Å². The molecule has 0 saturated carbocycles. The van der Waals surface area contributed by atoms with Crippen molar-refractivity contribution in [2.45, 2.75) is 0 Å². The molecule has 0 aliphatic heterocycles. The Hall–Kier alpha value is -3.23. The van der Waals surface area contributed by atoms with Gasteiger partial charge in [-0.1, -0.05) is 0 Å². The van der Waals surface area contributed by atoms with Crippen molar-refractivity contribution in [1.82, 2.24) is 19.3 Å². The summed E-state index contributed by atoms with van der Waals surface area (Å²) in [6.45, 7) is 0. The van der Waals surface area contributed by atoms with Crippen molar-refractivity contribution >= 4 is 16.7 Å². The van der Waals surface area contributed by atoms with Gasteiger partial charge in [-0.05, 0) is 12.1 Å². The zero-order valence-corrected chi connectivity index (χ0v) is 11.7. The molecule has 3 aromatic rings. The van der Waals surface area contributed by atoms with Crippen LogP contribution < -0.4 is 11.2 Å². The second kappa shape index (κ2) is 4.65. The summed E-state index contributed by atoms with van der Waals surface area (Å²) in [6.07, 6.45) is 0. The summed E-state index contributed by atoms with van der Waals surface area (Å²) in [5, 5.41) is 17.7. The van der Waals surface area contributed by atoms with Crippen LogP contribution in [0.5, 0.6) is 0 Å². The summed E-state index contributed by atoms with van der Waals surface area (Å²) < 4.78 is 2.26. The van der Waals surface area contributed by atoms with Crippen molar-refractivity contribution in [3.05, 3.63) is 55.2 Å². The van der Waals surface area contributed by atoms with E-state index >= 15 is 0 Å². The summed E-state index contributed by atoms with van der Waals surface area (Å²) in [5.41, 5.74) is 0.235. The third-order valence-corrected chi connectivity index (χ3v) is 3.52. The minimum Gasteiger partial charge on any atom is -0.279 e. The van der Waals surface area contributed by atoms with E-state index < -0.39 is 16.2 Å². The molecule has 2 aromatic heterocycles. The van der Waals surface area contributed by atoms with Crippen LogP contribution in [0.3, 0.4) is 0 Å². The molecular formula is C13H11N5O4. The average molecular weight is 301 g/mol. The number of non-ortho nitro benzene ring substituents is 1. The Morgan fingerprint density at radius 3 is 2.36 bits per heavy atom. The van der Waals surface area contributed by atoms with Gasteiger partial charge in [-0.3, -0.25) is 29.1 Å². The fourth-order valence-corrected chi connectivity index (χ4v) is 2.31.